The van der Waals surface area contributed by atoms with Crippen LogP contribution in [0.5, 0.6) is 0 Å². The van der Waals surface area contributed by atoms with E-state index in [1.165, 1.54) is 4.68 Å². The Bertz CT molecular complexity index is 430. The van der Waals surface area contributed by atoms with E-state index in [2.05, 4.69) is 10.1 Å². The molecule has 0 fully saturated rings. The van der Waals surface area contributed by atoms with Crippen LogP contribution in [0.1, 0.15) is 61.9 Å². The molecule has 1 heterocycles. The van der Waals surface area contributed by atoms with Crippen molar-refractivity contribution in [3.05, 3.63) is 11.6 Å². The second-order valence-corrected chi connectivity index (χ2v) is 4.95. The number of carbonyl (C=O) groups is 2. The summed E-state index contributed by atoms with van der Waals surface area (Å²) in [5, 5.41) is 3.92. The summed E-state index contributed by atoms with van der Waals surface area (Å²) in [6.07, 6.45) is 0.507. The van der Waals surface area contributed by atoms with Gasteiger partial charge in [-0.2, -0.15) is 4.98 Å². The van der Waals surface area contributed by atoms with Crippen LogP contribution in [0.3, 0.4) is 0 Å². The normalized spacial score (nSPS) is 11.6. The maximum atomic E-state index is 11.9. The minimum Gasteiger partial charge on any atom is -0.454 e. The number of esters is 1. The molecule has 0 amide bonds. The van der Waals surface area contributed by atoms with Gasteiger partial charge in [0.2, 0.25) is 11.6 Å². The zero-order valence-corrected chi connectivity index (χ0v) is 10.7. The molecule has 0 bridgehead atoms. The number of aromatic nitrogens is 3. The standard InChI is InChI=1S/C11H17N3O3/c1-7(2)14-9(12-8(6-15)13-14)10(16)17-11(3,4)5/h6-7H,1-5H3. The molecule has 17 heavy (non-hydrogen) atoms. The van der Waals surface area contributed by atoms with Gasteiger partial charge in [0.05, 0.1) is 0 Å². The zero-order chi connectivity index (χ0) is 13.2. The highest BCUT2D eigenvalue weighted by molar-refractivity contribution is 5.86. The Kier molecular flexibility index (Phi) is 3.65. The lowest BCUT2D eigenvalue weighted by Gasteiger charge is -2.19. The smallest absolute Gasteiger partial charge is 0.376 e. The Hall–Kier alpha value is -1.72. The Morgan fingerprint density at radius 2 is 2.00 bits per heavy atom. The molecule has 0 spiro atoms. The molecule has 1 rings (SSSR count). The summed E-state index contributed by atoms with van der Waals surface area (Å²) >= 11 is 0. The fraction of sp³-hybridized carbons (Fsp3) is 0.636. The summed E-state index contributed by atoms with van der Waals surface area (Å²) in [5.41, 5.74) is -0.605. The van der Waals surface area contributed by atoms with Crippen LogP contribution in [0.2, 0.25) is 0 Å². The molecule has 0 aromatic carbocycles. The predicted octanol–water partition coefficient (Wildman–Crippen LogP) is 1.63. The molecule has 1 aromatic heterocycles. The number of ether oxygens (including phenoxy) is 1. The van der Waals surface area contributed by atoms with Crippen molar-refractivity contribution in [3.63, 3.8) is 0 Å². The average molecular weight is 239 g/mol. The van der Waals surface area contributed by atoms with Crippen LogP contribution in [-0.2, 0) is 4.74 Å². The SMILES string of the molecule is CC(C)n1nc(C=O)nc1C(=O)OC(C)(C)C. The molecule has 0 aliphatic carbocycles. The van der Waals surface area contributed by atoms with Gasteiger partial charge in [-0.05, 0) is 34.6 Å². The first-order valence-corrected chi connectivity index (χ1v) is 5.39. The van der Waals surface area contributed by atoms with Crippen LogP contribution in [-0.4, -0.2) is 32.6 Å². The molecular weight excluding hydrogens is 222 g/mol. The Labute approximate surface area is 100.0 Å². The van der Waals surface area contributed by atoms with Crippen molar-refractivity contribution in [2.45, 2.75) is 46.3 Å². The van der Waals surface area contributed by atoms with Gasteiger partial charge in [0, 0.05) is 6.04 Å². The Morgan fingerprint density at radius 3 is 2.41 bits per heavy atom. The first kappa shape index (κ1) is 13.3. The second-order valence-electron chi connectivity index (χ2n) is 4.95. The van der Waals surface area contributed by atoms with Crippen LogP contribution < -0.4 is 0 Å². The first-order valence-electron chi connectivity index (χ1n) is 5.39. The Morgan fingerprint density at radius 1 is 1.41 bits per heavy atom. The Balaban J connectivity index is 3.07. The van der Waals surface area contributed by atoms with Gasteiger partial charge in [-0.3, -0.25) is 4.79 Å². The number of rotatable bonds is 3. The molecule has 0 radical (unpaired) electrons. The molecule has 0 unspecified atom stereocenters. The average Bonchev–Trinajstić information content (AvgIpc) is 2.58. The fourth-order valence-electron chi connectivity index (χ4n) is 1.21. The highest BCUT2D eigenvalue weighted by Crippen LogP contribution is 2.13. The summed E-state index contributed by atoms with van der Waals surface area (Å²) in [6.45, 7) is 8.99. The molecule has 6 nitrogen and oxygen atoms in total. The third kappa shape index (κ3) is 3.37. The van der Waals surface area contributed by atoms with Crippen LogP contribution in [0.25, 0.3) is 0 Å². The lowest BCUT2D eigenvalue weighted by Crippen LogP contribution is -2.26. The summed E-state index contributed by atoms with van der Waals surface area (Å²) < 4.78 is 6.58. The third-order valence-corrected chi connectivity index (χ3v) is 1.82. The van der Waals surface area contributed by atoms with Gasteiger partial charge >= 0.3 is 5.97 Å². The maximum absolute atomic E-state index is 11.9. The zero-order valence-electron chi connectivity index (χ0n) is 10.7. The van der Waals surface area contributed by atoms with Gasteiger partial charge in [0.1, 0.15) is 5.60 Å². The molecule has 1 aromatic rings. The van der Waals surface area contributed by atoms with Gasteiger partial charge in [0.15, 0.2) is 6.29 Å². The number of nitrogens with zero attached hydrogens (tertiary/aromatic N) is 3. The molecule has 0 N–H and O–H groups in total. The summed E-state index contributed by atoms with van der Waals surface area (Å²) in [7, 11) is 0. The van der Waals surface area contributed by atoms with E-state index >= 15 is 0 Å². The number of aldehydes is 1. The fourth-order valence-corrected chi connectivity index (χ4v) is 1.21. The van der Waals surface area contributed by atoms with Crippen molar-refractivity contribution in [2.75, 3.05) is 0 Å². The van der Waals surface area contributed by atoms with Gasteiger partial charge in [-0.15, -0.1) is 5.10 Å². The van der Waals surface area contributed by atoms with E-state index in [0.717, 1.165) is 0 Å². The molecule has 0 aliphatic heterocycles. The molecule has 94 valence electrons. The van der Waals surface area contributed by atoms with Crippen LogP contribution in [0.4, 0.5) is 0 Å². The van der Waals surface area contributed by atoms with Crippen molar-refractivity contribution in [3.8, 4) is 0 Å². The monoisotopic (exact) mass is 239 g/mol. The maximum Gasteiger partial charge on any atom is 0.376 e. The molecular formula is C11H17N3O3. The molecule has 0 saturated carbocycles. The van der Waals surface area contributed by atoms with Crippen LogP contribution in [0, 0.1) is 0 Å². The molecule has 0 atom stereocenters. The van der Waals surface area contributed by atoms with Gasteiger partial charge in [-0.1, -0.05) is 0 Å². The van der Waals surface area contributed by atoms with E-state index in [9.17, 15) is 9.59 Å². The van der Waals surface area contributed by atoms with Gasteiger partial charge in [0.25, 0.3) is 0 Å². The summed E-state index contributed by atoms with van der Waals surface area (Å²) in [4.78, 5) is 26.3. The lowest BCUT2D eigenvalue weighted by molar-refractivity contribution is 0.00471. The topological polar surface area (TPSA) is 74.1 Å². The van der Waals surface area contributed by atoms with Crippen molar-refractivity contribution in [1.29, 1.82) is 0 Å². The van der Waals surface area contributed by atoms with E-state index in [1.54, 1.807) is 20.8 Å². The highest BCUT2D eigenvalue weighted by Gasteiger charge is 2.24. The first-order chi connectivity index (χ1) is 7.74. The van der Waals surface area contributed by atoms with Crippen molar-refractivity contribution in [1.82, 2.24) is 14.8 Å². The largest absolute Gasteiger partial charge is 0.454 e. The van der Waals surface area contributed by atoms with E-state index < -0.39 is 11.6 Å². The van der Waals surface area contributed by atoms with Crippen LogP contribution in [0.15, 0.2) is 0 Å². The predicted molar refractivity (Wildman–Crippen MR) is 61.0 cm³/mol. The molecule has 6 heteroatoms. The number of hydrogen-bond donors (Lipinski definition) is 0. The van der Waals surface area contributed by atoms with Crippen molar-refractivity contribution >= 4 is 12.3 Å². The van der Waals surface area contributed by atoms with E-state index in [1.807, 2.05) is 13.8 Å². The summed E-state index contributed by atoms with van der Waals surface area (Å²) in [5.74, 6) is -0.539. The van der Waals surface area contributed by atoms with Crippen molar-refractivity contribution in [2.24, 2.45) is 0 Å². The number of carbonyl (C=O) groups excluding carboxylic acids is 2. The van der Waals surface area contributed by atoms with Crippen molar-refractivity contribution < 1.29 is 14.3 Å². The van der Waals surface area contributed by atoms with E-state index in [-0.39, 0.29) is 17.7 Å². The van der Waals surface area contributed by atoms with E-state index in [0.29, 0.717) is 6.29 Å². The summed E-state index contributed by atoms with van der Waals surface area (Å²) in [6, 6.07) is -0.0706. The van der Waals surface area contributed by atoms with Gasteiger partial charge in [-0.25, -0.2) is 9.48 Å². The number of hydrogen-bond acceptors (Lipinski definition) is 5. The molecule has 0 aliphatic rings. The second kappa shape index (κ2) is 4.65. The van der Waals surface area contributed by atoms with E-state index in [4.69, 9.17) is 4.74 Å². The third-order valence-electron chi connectivity index (χ3n) is 1.82. The van der Waals surface area contributed by atoms with Gasteiger partial charge < -0.3 is 4.74 Å². The lowest BCUT2D eigenvalue weighted by atomic mass is 10.2. The minimum atomic E-state index is -0.605. The molecule has 0 saturated heterocycles. The highest BCUT2D eigenvalue weighted by atomic mass is 16.6. The minimum absolute atomic E-state index is 0.0143. The quantitative estimate of drug-likeness (QED) is 0.592. The van der Waals surface area contributed by atoms with Crippen LogP contribution >= 0.6 is 0 Å².